The van der Waals surface area contributed by atoms with Crippen molar-refractivity contribution in [2.45, 2.75) is 20.8 Å². The van der Waals surface area contributed by atoms with Crippen molar-refractivity contribution < 1.29 is 9.90 Å². The largest absolute Gasteiger partial charge is 0.507 e. The maximum atomic E-state index is 12.5. The first-order chi connectivity index (χ1) is 11.7. The average molecular weight is 334 g/mol. The molecule has 0 unspecified atom stereocenters. The van der Waals surface area contributed by atoms with E-state index >= 15 is 0 Å². The molecule has 0 fully saturated rings. The van der Waals surface area contributed by atoms with Crippen LogP contribution in [0.3, 0.4) is 0 Å². The third kappa shape index (κ3) is 2.84. The van der Waals surface area contributed by atoms with Gasteiger partial charge in [0.25, 0.3) is 5.91 Å². The lowest BCUT2D eigenvalue weighted by Gasteiger charge is -2.15. The Labute approximate surface area is 146 Å². The molecule has 1 aromatic heterocycles. The van der Waals surface area contributed by atoms with E-state index in [1.54, 1.807) is 32.1 Å². The van der Waals surface area contributed by atoms with E-state index in [1.165, 1.54) is 0 Å². The molecule has 3 rings (SSSR count). The predicted molar refractivity (Wildman–Crippen MR) is 101 cm³/mol. The number of aromatic hydroxyl groups is 1. The van der Waals surface area contributed by atoms with Crippen molar-refractivity contribution >= 4 is 27.6 Å². The Morgan fingerprint density at radius 2 is 2.00 bits per heavy atom. The number of amides is 1. The van der Waals surface area contributed by atoms with Crippen molar-refractivity contribution in [3.63, 3.8) is 0 Å². The first kappa shape index (κ1) is 17.0. The van der Waals surface area contributed by atoms with E-state index < -0.39 is 5.41 Å². The summed E-state index contributed by atoms with van der Waals surface area (Å²) in [6.45, 7) is 9.28. The molecule has 0 aliphatic rings. The number of carbonyl (C=O) groups excluding carboxylic acids is 1. The van der Waals surface area contributed by atoms with E-state index in [0.717, 1.165) is 21.9 Å². The monoisotopic (exact) mass is 334 g/mol. The summed E-state index contributed by atoms with van der Waals surface area (Å²) >= 11 is 0. The molecule has 1 amide bonds. The highest BCUT2D eigenvalue weighted by Gasteiger charge is 2.23. The number of phenols is 1. The minimum atomic E-state index is -0.752. The van der Waals surface area contributed by atoms with Gasteiger partial charge in [0.2, 0.25) is 0 Å². The van der Waals surface area contributed by atoms with Gasteiger partial charge in [-0.15, -0.1) is 6.58 Å². The predicted octanol–water partition coefficient (Wildman–Crippen LogP) is 3.99. The molecule has 0 saturated heterocycles. The number of hydrogen-bond donors (Lipinski definition) is 1. The molecule has 0 aliphatic carbocycles. The van der Waals surface area contributed by atoms with Gasteiger partial charge in [0.1, 0.15) is 5.75 Å². The minimum Gasteiger partial charge on any atom is -0.507 e. The van der Waals surface area contributed by atoms with Crippen molar-refractivity contribution in [1.82, 2.24) is 4.57 Å². The second kappa shape index (κ2) is 5.88. The highest BCUT2D eigenvalue weighted by Crippen LogP contribution is 2.31. The smallest absolute Gasteiger partial charge is 0.255 e. The van der Waals surface area contributed by atoms with Gasteiger partial charge in [0.15, 0.2) is 0 Å². The quantitative estimate of drug-likeness (QED) is 0.569. The second-order valence-electron chi connectivity index (χ2n) is 7.00. The number of aryl methyl sites for hydroxylation is 2. The zero-order valence-corrected chi connectivity index (χ0v) is 15.0. The van der Waals surface area contributed by atoms with Crippen LogP contribution in [0.15, 0.2) is 54.2 Å². The fourth-order valence-electron chi connectivity index (χ4n) is 2.97. The van der Waals surface area contributed by atoms with Crippen LogP contribution in [-0.2, 0) is 11.8 Å². The summed E-state index contributed by atoms with van der Waals surface area (Å²) < 4.78 is 1.99. The summed E-state index contributed by atoms with van der Waals surface area (Å²) in [5.41, 5.74) is 1.29. The van der Waals surface area contributed by atoms with Crippen LogP contribution in [0.25, 0.3) is 21.7 Å². The van der Waals surface area contributed by atoms with Crippen LogP contribution in [0.1, 0.15) is 19.4 Å². The summed E-state index contributed by atoms with van der Waals surface area (Å²) in [7, 11) is 1.95. The third-order valence-corrected chi connectivity index (χ3v) is 4.57. The number of pyridine rings is 1. The molecule has 0 spiro atoms. The van der Waals surface area contributed by atoms with E-state index in [0.29, 0.717) is 10.7 Å². The summed E-state index contributed by atoms with van der Waals surface area (Å²) in [5, 5.41) is 13.6. The molecule has 0 bridgehead atoms. The molecule has 0 atom stereocenters. The Hall–Kier alpha value is -2.88. The summed E-state index contributed by atoms with van der Waals surface area (Å²) in [6.07, 6.45) is 3.60. The highest BCUT2D eigenvalue weighted by molar-refractivity contribution is 6.09. The van der Waals surface area contributed by atoms with Gasteiger partial charge >= 0.3 is 0 Å². The summed E-state index contributed by atoms with van der Waals surface area (Å²) in [5.74, 6) is -0.171. The number of aromatic nitrogens is 1. The number of benzene rings is 2. The SMILES string of the molecule is C=CC(C)(C)C(=O)N=c1cccc2c1c(O)cc1c2cc(C)cn1C. The van der Waals surface area contributed by atoms with Crippen LogP contribution in [0.4, 0.5) is 0 Å². The Morgan fingerprint density at radius 3 is 2.68 bits per heavy atom. The van der Waals surface area contributed by atoms with Gasteiger partial charge in [-0.25, -0.2) is 4.99 Å². The van der Waals surface area contributed by atoms with Crippen LogP contribution in [0, 0.1) is 12.3 Å². The van der Waals surface area contributed by atoms with Crippen LogP contribution in [0.5, 0.6) is 5.75 Å². The fourth-order valence-corrected chi connectivity index (χ4v) is 2.97. The molecule has 1 N–H and O–H groups in total. The average Bonchev–Trinajstić information content (AvgIpc) is 2.56. The van der Waals surface area contributed by atoms with E-state index in [4.69, 9.17) is 0 Å². The summed E-state index contributed by atoms with van der Waals surface area (Å²) in [4.78, 5) is 16.7. The summed E-state index contributed by atoms with van der Waals surface area (Å²) in [6, 6.07) is 9.35. The maximum Gasteiger partial charge on any atom is 0.255 e. The Bertz CT molecular complexity index is 1090. The minimum absolute atomic E-state index is 0.116. The van der Waals surface area contributed by atoms with E-state index in [-0.39, 0.29) is 11.7 Å². The van der Waals surface area contributed by atoms with Crippen LogP contribution >= 0.6 is 0 Å². The molecule has 25 heavy (non-hydrogen) atoms. The van der Waals surface area contributed by atoms with E-state index in [9.17, 15) is 9.90 Å². The van der Waals surface area contributed by atoms with Crippen molar-refractivity contribution in [2.75, 3.05) is 0 Å². The third-order valence-electron chi connectivity index (χ3n) is 4.57. The van der Waals surface area contributed by atoms with Crippen LogP contribution < -0.4 is 5.36 Å². The lowest BCUT2D eigenvalue weighted by molar-refractivity contribution is -0.123. The molecule has 2 aromatic carbocycles. The Morgan fingerprint density at radius 1 is 1.28 bits per heavy atom. The van der Waals surface area contributed by atoms with Crippen molar-refractivity contribution in [2.24, 2.45) is 17.5 Å². The number of rotatable bonds is 2. The zero-order valence-electron chi connectivity index (χ0n) is 15.0. The molecule has 1 heterocycles. The van der Waals surface area contributed by atoms with Gasteiger partial charge in [-0.2, -0.15) is 0 Å². The molecular formula is C21H22N2O2. The van der Waals surface area contributed by atoms with E-state index in [2.05, 4.69) is 17.6 Å². The molecule has 3 aromatic rings. The lowest BCUT2D eigenvalue weighted by atomic mass is 9.93. The molecule has 0 radical (unpaired) electrons. The number of carbonyl (C=O) groups is 1. The van der Waals surface area contributed by atoms with Crippen molar-refractivity contribution in [3.8, 4) is 5.75 Å². The van der Waals surface area contributed by atoms with Gasteiger partial charge in [-0.3, -0.25) is 4.79 Å². The van der Waals surface area contributed by atoms with Gasteiger partial charge in [0.05, 0.1) is 21.7 Å². The van der Waals surface area contributed by atoms with E-state index in [1.807, 2.05) is 36.9 Å². The molecule has 4 heteroatoms. The second-order valence-corrected chi connectivity index (χ2v) is 7.00. The van der Waals surface area contributed by atoms with Crippen molar-refractivity contribution in [1.29, 1.82) is 0 Å². The topological polar surface area (TPSA) is 54.6 Å². The van der Waals surface area contributed by atoms with Crippen LogP contribution in [-0.4, -0.2) is 15.6 Å². The normalized spacial score (nSPS) is 12.7. The first-order valence-electron chi connectivity index (χ1n) is 8.19. The zero-order chi connectivity index (χ0) is 18.4. The number of phenolic OH excluding ortho intramolecular Hbond substituents is 1. The van der Waals surface area contributed by atoms with Gasteiger partial charge in [0, 0.05) is 24.7 Å². The highest BCUT2D eigenvalue weighted by atomic mass is 16.3. The number of nitrogens with zero attached hydrogens (tertiary/aromatic N) is 2. The van der Waals surface area contributed by atoms with Crippen molar-refractivity contribution in [3.05, 3.63) is 60.1 Å². The standard InChI is InChI=1S/C21H22N2O2/c1-6-21(3,4)20(25)22-16-9-7-8-14-15-10-13(2)12-23(5)17(15)11-18(24)19(14)16/h6-12,24H,1H2,2-5H3. The Balaban J connectivity index is 2.43. The van der Waals surface area contributed by atoms with Gasteiger partial charge in [-0.05, 0) is 43.9 Å². The van der Waals surface area contributed by atoms with Crippen LogP contribution in [0.2, 0.25) is 0 Å². The Kier molecular flexibility index (Phi) is 3.99. The molecule has 0 aliphatic heterocycles. The van der Waals surface area contributed by atoms with Gasteiger partial charge < -0.3 is 9.67 Å². The fraction of sp³-hybridized carbons (Fsp3) is 0.238. The molecule has 128 valence electrons. The lowest BCUT2D eigenvalue weighted by Crippen LogP contribution is -2.22. The molecular weight excluding hydrogens is 312 g/mol. The molecule has 4 nitrogen and oxygen atoms in total. The maximum absolute atomic E-state index is 12.5. The first-order valence-corrected chi connectivity index (χ1v) is 8.19. The molecule has 0 saturated carbocycles. The van der Waals surface area contributed by atoms with Gasteiger partial charge in [-0.1, -0.05) is 18.2 Å². The number of fused-ring (bicyclic) bond motifs is 3. The number of hydrogen-bond acceptors (Lipinski definition) is 2.